The van der Waals surface area contributed by atoms with E-state index in [-0.39, 0.29) is 11.8 Å². The molecule has 0 amide bonds. The molecule has 0 spiro atoms. The van der Waals surface area contributed by atoms with Gasteiger partial charge in [0.05, 0.1) is 5.01 Å². The van der Waals surface area contributed by atoms with Gasteiger partial charge < -0.3 is 10.4 Å². The van der Waals surface area contributed by atoms with Gasteiger partial charge in [-0.3, -0.25) is 0 Å². The predicted molar refractivity (Wildman–Crippen MR) is 70.2 cm³/mol. The molecule has 18 heavy (non-hydrogen) atoms. The topological polar surface area (TPSA) is 45.2 Å². The Kier molecular flexibility index (Phi) is 3.93. The Morgan fingerprint density at radius 2 is 2.28 bits per heavy atom. The molecule has 2 N–H and O–H groups in total. The first-order valence-corrected chi connectivity index (χ1v) is 6.51. The van der Waals surface area contributed by atoms with E-state index in [1.54, 1.807) is 17.4 Å². The summed E-state index contributed by atoms with van der Waals surface area (Å²) in [6.07, 6.45) is 1.83. The van der Waals surface area contributed by atoms with E-state index >= 15 is 0 Å². The summed E-state index contributed by atoms with van der Waals surface area (Å²) in [5, 5.41) is 13.4. The number of benzene rings is 1. The summed E-state index contributed by atoms with van der Waals surface area (Å²) in [4.78, 5) is 5.29. The van der Waals surface area contributed by atoms with E-state index in [4.69, 9.17) is 5.11 Å². The Morgan fingerprint density at radius 1 is 1.50 bits per heavy atom. The lowest BCUT2D eigenvalue weighted by atomic mass is 10.1. The summed E-state index contributed by atoms with van der Waals surface area (Å²) in [5.74, 6) is -0.447. The standard InChI is InChI=1S/C13H15FN2OS/c1-8(12-4-3-10(17)5-13(12)14)15-6-11-7-16-9(2)18-11/h3-5,7-8,15,17H,6H2,1-2H3. The summed E-state index contributed by atoms with van der Waals surface area (Å²) >= 11 is 1.62. The average molecular weight is 266 g/mol. The van der Waals surface area contributed by atoms with Crippen LogP contribution in [0, 0.1) is 12.7 Å². The van der Waals surface area contributed by atoms with Gasteiger partial charge in [-0.25, -0.2) is 9.37 Å². The van der Waals surface area contributed by atoms with Crippen molar-refractivity contribution in [3.05, 3.63) is 45.7 Å². The van der Waals surface area contributed by atoms with Gasteiger partial charge in [0.1, 0.15) is 11.6 Å². The number of phenolic OH excluding ortho intramolecular Hbond substituents is 1. The average Bonchev–Trinajstić information content (AvgIpc) is 2.72. The number of halogens is 1. The number of thiazole rings is 1. The van der Waals surface area contributed by atoms with Crippen LogP contribution in [0.4, 0.5) is 4.39 Å². The van der Waals surface area contributed by atoms with Crippen molar-refractivity contribution in [1.82, 2.24) is 10.3 Å². The van der Waals surface area contributed by atoms with Crippen LogP contribution in [-0.4, -0.2) is 10.1 Å². The van der Waals surface area contributed by atoms with Crippen LogP contribution in [0.1, 0.15) is 28.4 Å². The number of hydrogen-bond acceptors (Lipinski definition) is 4. The Bertz CT molecular complexity index is 542. The summed E-state index contributed by atoms with van der Waals surface area (Å²) in [5.41, 5.74) is 0.550. The van der Waals surface area contributed by atoms with Crippen molar-refractivity contribution in [1.29, 1.82) is 0 Å². The minimum atomic E-state index is -0.393. The van der Waals surface area contributed by atoms with E-state index in [0.717, 1.165) is 16.0 Å². The minimum Gasteiger partial charge on any atom is -0.508 e. The number of aromatic hydroxyl groups is 1. The largest absolute Gasteiger partial charge is 0.508 e. The molecule has 0 aliphatic carbocycles. The normalized spacial score (nSPS) is 12.6. The lowest BCUT2D eigenvalue weighted by Crippen LogP contribution is -2.18. The molecule has 2 aromatic rings. The molecule has 1 atom stereocenters. The smallest absolute Gasteiger partial charge is 0.131 e. The molecule has 0 fully saturated rings. The van der Waals surface area contributed by atoms with Crippen LogP contribution in [0.5, 0.6) is 5.75 Å². The monoisotopic (exact) mass is 266 g/mol. The molecule has 1 aromatic carbocycles. The van der Waals surface area contributed by atoms with Gasteiger partial charge in [0.2, 0.25) is 0 Å². The van der Waals surface area contributed by atoms with Gasteiger partial charge in [-0.15, -0.1) is 11.3 Å². The highest BCUT2D eigenvalue weighted by Gasteiger charge is 2.11. The predicted octanol–water partition coefficient (Wildman–Crippen LogP) is 3.15. The third-order valence-electron chi connectivity index (χ3n) is 2.70. The number of nitrogens with one attached hydrogen (secondary N) is 1. The lowest BCUT2D eigenvalue weighted by molar-refractivity contribution is 0.463. The molecule has 1 unspecified atom stereocenters. The Labute approximate surface area is 109 Å². The fourth-order valence-electron chi connectivity index (χ4n) is 1.72. The van der Waals surface area contributed by atoms with Crippen LogP contribution in [0.2, 0.25) is 0 Å². The van der Waals surface area contributed by atoms with Gasteiger partial charge in [0.15, 0.2) is 0 Å². The molecule has 0 saturated carbocycles. The Hall–Kier alpha value is -1.46. The van der Waals surface area contributed by atoms with Crippen LogP contribution in [0.15, 0.2) is 24.4 Å². The number of aromatic nitrogens is 1. The SMILES string of the molecule is Cc1ncc(CNC(C)c2ccc(O)cc2F)s1. The van der Waals surface area contributed by atoms with Crippen LogP contribution in [0.3, 0.4) is 0 Å². The van der Waals surface area contributed by atoms with Crippen molar-refractivity contribution in [2.75, 3.05) is 0 Å². The minimum absolute atomic E-state index is 0.0541. The second-order valence-corrected chi connectivity index (χ2v) is 5.47. The van der Waals surface area contributed by atoms with Crippen LogP contribution < -0.4 is 5.32 Å². The van der Waals surface area contributed by atoms with Gasteiger partial charge in [-0.1, -0.05) is 6.07 Å². The van der Waals surface area contributed by atoms with Gasteiger partial charge in [-0.05, 0) is 19.9 Å². The fraction of sp³-hybridized carbons (Fsp3) is 0.308. The van der Waals surface area contributed by atoms with E-state index in [1.807, 2.05) is 20.0 Å². The van der Waals surface area contributed by atoms with E-state index in [2.05, 4.69) is 10.3 Å². The molecule has 0 bridgehead atoms. The van der Waals surface area contributed by atoms with E-state index in [0.29, 0.717) is 12.1 Å². The number of nitrogens with zero attached hydrogens (tertiary/aromatic N) is 1. The van der Waals surface area contributed by atoms with Crippen LogP contribution in [0.25, 0.3) is 0 Å². The quantitative estimate of drug-likeness (QED) is 0.893. The van der Waals surface area contributed by atoms with Crippen molar-refractivity contribution >= 4 is 11.3 Å². The Balaban J connectivity index is 2.01. The molecule has 1 heterocycles. The summed E-state index contributed by atoms with van der Waals surface area (Å²) in [7, 11) is 0. The number of phenols is 1. The first-order chi connectivity index (χ1) is 8.56. The van der Waals surface area contributed by atoms with Crippen molar-refractivity contribution in [3.63, 3.8) is 0 Å². The second kappa shape index (κ2) is 5.46. The van der Waals surface area contributed by atoms with Gasteiger partial charge in [0.25, 0.3) is 0 Å². The van der Waals surface area contributed by atoms with Crippen LogP contribution in [-0.2, 0) is 6.54 Å². The van der Waals surface area contributed by atoms with E-state index in [1.165, 1.54) is 6.07 Å². The maximum Gasteiger partial charge on any atom is 0.131 e. The molecular weight excluding hydrogens is 251 g/mol. The molecule has 96 valence electrons. The zero-order valence-corrected chi connectivity index (χ0v) is 11.1. The summed E-state index contributed by atoms with van der Waals surface area (Å²) < 4.78 is 13.6. The lowest BCUT2D eigenvalue weighted by Gasteiger charge is -2.14. The highest BCUT2D eigenvalue weighted by atomic mass is 32.1. The first kappa shape index (κ1) is 13.0. The number of rotatable bonds is 4. The molecule has 3 nitrogen and oxygen atoms in total. The molecule has 0 radical (unpaired) electrons. The van der Waals surface area contributed by atoms with Crippen LogP contribution >= 0.6 is 11.3 Å². The zero-order chi connectivity index (χ0) is 13.1. The van der Waals surface area contributed by atoms with Crippen molar-refractivity contribution in [2.45, 2.75) is 26.4 Å². The highest BCUT2D eigenvalue weighted by molar-refractivity contribution is 7.11. The number of aryl methyl sites for hydroxylation is 1. The fourth-order valence-corrected chi connectivity index (χ4v) is 2.46. The van der Waals surface area contributed by atoms with Crippen molar-refractivity contribution < 1.29 is 9.50 Å². The summed E-state index contributed by atoms with van der Waals surface area (Å²) in [6.45, 7) is 4.51. The first-order valence-electron chi connectivity index (χ1n) is 5.69. The Morgan fingerprint density at radius 3 is 2.89 bits per heavy atom. The third-order valence-corrected chi connectivity index (χ3v) is 3.61. The van der Waals surface area contributed by atoms with Crippen molar-refractivity contribution in [3.8, 4) is 5.75 Å². The molecular formula is C13H15FN2OS. The van der Waals surface area contributed by atoms with E-state index in [9.17, 15) is 4.39 Å². The maximum atomic E-state index is 13.6. The van der Waals surface area contributed by atoms with Gasteiger partial charge in [0, 0.05) is 35.3 Å². The van der Waals surface area contributed by atoms with E-state index < -0.39 is 5.82 Å². The number of hydrogen-bond donors (Lipinski definition) is 2. The van der Waals surface area contributed by atoms with Gasteiger partial charge >= 0.3 is 0 Å². The summed E-state index contributed by atoms with van der Waals surface area (Å²) in [6, 6.07) is 4.10. The third kappa shape index (κ3) is 3.05. The molecule has 0 aliphatic rings. The molecule has 1 aromatic heterocycles. The zero-order valence-electron chi connectivity index (χ0n) is 10.3. The second-order valence-electron chi connectivity index (χ2n) is 4.15. The maximum absolute atomic E-state index is 13.6. The molecule has 0 saturated heterocycles. The van der Waals surface area contributed by atoms with Crippen molar-refractivity contribution in [2.24, 2.45) is 0 Å². The van der Waals surface area contributed by atoms with Gasteiger partial charge in [-0.2, -0.15) is 0 Å². The highest BCUT2D eigenvalue weighted by Crippen LogP contribution is 2.21. The molecule has 5 heteroatoms. The molecule has 2 rings (SSSR count). The molecule has 0 aliphatic heterocycles.